The van der Waals surface area contributed by atoms with Crippen molar-refractivity contribution in [2.75, 3.05) is 18.8 Å². The van der Waals surface area contributed by atoms with E-state index in [1.165, 1.54) is 18.8 Å². The molecule has 0 amide bonds. The van der Waals surface area contributed by atoms with E-state index in [-0.39, 0.29) is 0 Å². The second-order valence-corrected chi connectivity index (χ2v) is 4.53. The van der Waals surface area contributed by atoms with E-state index in [0.717, 1.165) is 17.1 Å². The Hall–Kier alpha value is 0.310. The van der Waals surface area contributed by atoms with Gasteiger partial charge in [-0.05, 0) is 30.7 Å². The number of rotatable bonds is 0. The summed E-state index contributed by atoms with van der Waals surface area (Å²) in [7, 11) is 0. The van der Waals surface area contributed by atoms with Gasteiger partial charge in [-0.25, -0.2) is 0 Å². The van der Waals surface area contributed by atoms with Crippen molar-refractivity contribution in [2.45, 2.75) is 12.2 Å². The molecule has 0 bridgehead atoms. The summed E-state index contributed by atoms with van der Waals surface area (Å²) in [5, 5.41) is 4.36. The molecule has 0 saturated carbocycles. The topological polar surface area (TPSA) is 12.0 Å². The third-order valence-corrected chi connectivity index (χ3v) is 4.06. The molecule has 2 heteroatoms. The van der Waals surface area contributed by atoms with Crippen LogP contribution in [0.4, 0.5) is 0 Å². The summed E-state index contributed by atoms with van der Waals surface area (Å²) in [5.41, 5.74) is 0. The highest BCUT2D eigenvalue weighted by molar-refractivity contribution is 8.00. The highest BCUT2D eigenvalue weighted by Gasteiger charge is 2.36. The average molecular weight is 143 g/mol. The van der Waals surface area contributed by atoms with E-state index in [4.69, 9.17) is 0 Å². The van der Waals surface area contributed by atoms with E-state index < -0.39 is 0 Å². The number of hydrogen-bond donors (Lipinski definition) is 1. The standard InChI is InChI=1S/C7H13NS/c1-5-7-3-8-2-6(7)4-9-5/h5-8H,2-4H2,1H3. The molecule has 3 atom stereocenters. The van der Waals surface area contributed by atoms with Gasteiger partial charge in [0.2, 0.25) is 0 Å². The van der Waals surface area contributed by atoms with E-state index in [1.54, 1.807) is 0 Å². The maximum absolute atomic E-state index is 3.44. The van der Waals surface area contributed by atoms with Gasteiger partial charge in [0.25, 0.3) is 0 Å². The van der Waals surface area contributed by atoms with Gasteiger partial charge in [-0.15, -0.1) is 0 Å². The van der Waals surface area contributed by atoms with Gasteiger partial charge in [0.1, 0.15) is 0 Å². The zero-order valence-corrected chi connectivity index (χ0v) is 6.58. The van der Waals surface area contributed by atoms with Crippen molar-refractivity contribution in [1.29, 1.82) is 0 Å². The lowest BCUT2D eigenvalue weighted by Gasteiger charge is -2.09. The van der Waals surface area contributed by atoms with Crippen LogP contribution in [0.2, 0.25) is 0 Å². The third kappa shape index (κ3) is 0.887. The maximum Gasteiger partial charge on any atom is 0.00626 e. The maximum atomic E-state index is 3.44. The molecule has 52 valence electrons. The van der Waals surface area contributed by atoms with E-state index in [1.807, 2.05) is 0 Å². The summed E-state index contributed by atoms with van der Waals surface area (Å²) in [4.78, 5) is 0. The lowest BCUT2D eigenvalue weighted by Crippen LogP contribution is -2.15. The number of fused-ring (bicyclic) bond motifs is 1. The molecule has 2 saturated heterocycles. The van der Waals surface area contributed by atoms with E-state index in [2.05, 4.69) is 24.0 Å². The second kappa shape index (κ2) is 2.17. The highest BCUT2D eigenvalue weighted by atomic mass is 32.2. The van der Waals surface area contributed by atoms with Gasteiger partial charge >= 0.3 is 0 Å². The Morgan fingerprint density at radius 2 is 2.33 bits per heavy atom. The lowest BCUT2D eigenvalue weighted by molar-refractivity contribution is 0.483. The predicted octanol–water partition coefficient (Wildman–Crippen LogP) is 0.957. The first-order valence-electron chi connectivity index (χ1n) is 3.70. The van der Waals surface area contributed by atoms with Crippen LogP contribution in [0.25, 0.3) is 0 Å². The Labute approximate surface area is 60.6 Å². The summed E-state index contributed by atoms with van der Waals surface area (Å²) < 4.78 is 0. The summed E-state index contributed by atoms with van der Waals surface area (Å²) in [6.07, 6.45) is 0. The molecule has 2 fully saturated rings. The molecule has 2 rings (SSSR count). The quantitative estimate of drug-likeness (QED) is 0.542. The monoisotopic (exact) mass is 143 g/mol. The fourth-order valence-corrected chi connectivity index (χ4v) is 3.37. The predicted molar refractivity (Wildman–Crippen MR) is 41.8 cm³/mol. The van der Waals surface area contributed by atoms with Gasteiger partial charge in [-0.1, -0.05) is 6.92 Å². The van der Waals surface area contributed by atoms with E-state index in [9.17, 15) is 0 Å². The van der Waals surface area contributed by atoms with Crippen molar-refractivity contribution in [1.82, 2.24) is 5.32 Å². The number of hydrogen-bond acceptors (Lipinski definition) is 2. The molecule has 3 unspecified atom stereocenters. The minimum Gasteiger partial charge on any atom is -0.316 e. The summed E-state index contributed by atoms with van der Waals surface area (Å²) in [6, 6.07) is 0. The van der Waals surface area contributed by atoms with Gasteiger partial charge < -0.3 is 5.32 Å². The Morgan fingerprint density at radius 1 is 1.44 bits per heavy atom. The lowest BCUT2D eigenvalue weighted by atomic mass is 9.96. The van der Waals surface area contributed by atoms with Gasteiger partial charge in [0.15, 0.2) is 0 Å². The number of nitrogens with one attached hydrogen (secondary N) is 1. The summed E-state index contributed by atoms with van der Waals surface area (Å²) in [6.45, 7) is 4.92. The van der Waals surface area contributed by atoms with Gasteiger partial charge in [0, 0.05) is 5.25 Å². The molecule has 1 N–H and O–H groups in total. The van der Waals surface area contributed by atoms with Gasteiger partial charge in [0.05, 0.1) is 0 Å². The molecule has 2 heterocycles. The van der Waals surface area contributed by atoms with Crippen molar-refractivity contribution in [3.05, 3.63) is 0 Å². The van der Waals surface area contributed by atoms with Crippen LogP contribution in [0.15, 0.2) is 0 Å². The first-order chi connectivity index (χ1) is 4.38. The summed E-state index contributed by atoms with van der Waals surface area (Å²) >= 11 is 2.15. The molecule has 0 radical (unpaired) electrons. The van der Waals surface area contributed by atoms with Crippen molar-refractivity contribution >= 4 is 11.8 Å². The molecular weight excluding hydrogens is 130 g/mol. The summed E-state index contributed by atoms with van der Waals surface area (Å²) in [5.74, 6) is 3.40. The second-order valence-electron chi connectivity index (χ2n) is 3.12. The minimum atomic E-state index is 0.921. The van der Waals surface area contributed by atoms with Crippen LogP contribution in [0.5, 0.6) is 0 Å². The fraction of sp³-hybridized carbons (Fsp3) is 1.00. The molecule has 0 aromatic carbocycles. The van der Waals surface area contributed by atoms with Crippen LogP contribution in [0.3, 0.4) is 0 Å². The Balaban J connectivity index is 2.07. The van der Waals surface area contributed by atoms with Crippen molar-refractivity contribution in [3.63, 3.8) is 0 Å². The first-order valence-corrected chi connectivity index (χ1v) is 4.75. The Bertz CT molecular complexity index is 115. The molecule has 9 heavy (non-hydrogen) atoms. The number of thioether (sulfide) groups is 1. The molecular formula is C7H13NS. The van der Waals surface area contributed by atoms with E-state index >= 15 is 0 Å². The molecule has 2 aliphatic rings. The van der Waals surface area contributed by atoms with Crippen LogP contribution in [-0.2, 0) is 0 Å². The molecule has 0 aromatic heterocycles. The zero-order valence-electron chi connectivity index (χ0n) is 5.76. The molecule has 0 aromatic rings. The molecule has 0 aliphatic carbocycles. The highest BCUT2D eigenvalue weighted by Crippen LogP contribution is 2.38. The Kier molecular flexibility index (Phi) is 1.46. The fourth-order valence-electron chi connectivity index (χ4n) is 1.88. The largest absolute Gasteiger partial charge is 0.316 e. The van der Waals surface area contributed by atoms with E-state index in [0.29, 0.717) is 0 Å². The zero-order chi connectivity index (χ0) is 6.27. The normalized spacial score (nSPS) is 49.7. The van der Waals surface area contributed by atoms with Crippen LogP contribution >= 0.6 is 11.8 Å². The molecule has 0 spiro atoms. The SMILES string of the molecule is CC1SCC2CNCC21. The minimum absolute atomic E-state index is 0.921. The van der Waals surface area contributed by atoms with Crippen molar-refractivity contribution in [3.8, 4) is 0 Å². The average Bonchev–Trinajstić information content (AvgIpc) is 2.35. The van der Waals surface area contributed by atoms with Crippen LogP contribution < -0.4 is 5.32 Å². The molecule has 1 nitrogen and oxygen atoms in total. The van der Waals surface area contributed by atoms with Gasteiger partial charge in [-0.3, -0.25) is 0 Å². The van der Waals surface area contributed by atoms with Crippen molar-refractivity contribution < 1.29 is 0 Å². The smallest absolute Gasteiger partial charge is 0.00626 e. The third-order valence-electron chi connectivity index (χ3n) is 2.57. The van der Waals surface area contributed by atoms with Crippen LogP contribution in [0, 0.1) is 11.8 Å². The van der Waals surface area contributed by atoms with Crippen molar-refractivity contribution in [2.24, 2.45) is 11.8 Å². The van der Waals surface area contributed by atoms with Crippen LogP contribution in [-0.4, -0.2) is 24.1 Å². The first kappa shape index (κ1) is 6.05. The Morgan fingerprint density at radius 3 is 3.11 bits per heavy atom. The van der Waals surface area contributed by atoms with Crippen LogP contribution in [0.1, 0.15) is 6.92 Å². The van der Waals surface area contributed by atoms with Gasteiger partial charge in [-0.2, -0.15) is 11.8 Å². The molecule has 2 aliphatic heterocycles.